The van der Waals surface area contributed by atoms with Crippen LogP contribution in [0.25, 0.3) is 10.9 Å². The molecule has 20 heavy (non-hydrogen) atoms. The number of pyridine rings is 1. The summed E-state index contributed by atoms with van der Waals surface area (Å²) in [7, 11) is 0. The number of benzene rings is 1. The molecular weight excluding hydrogens is 272 g/mol. The third kappa shape index (κ3) is 2.41. The van der Waals surface area contributed by atoms with E-state index >= 15 is 0 Å². The fourth-order valence-electron chi connectivity index (χ4n) is 2.69. The molecule has 2 heterocycles. The highest BCUT2D eigenvalue weighted by atomic mass is 35.5. The van der Waals surface area contributed by atoms with E-state index in [1.165, 1.54) is 0 Å². The minimum absolute atomic E-state index is 0.281. The van der Waals surface area contributed by atoms with Gasteiger partial charge < -0.3 is 5.11 Å². The van der Waals surface area contributed by atoms with Crippen molar-refractivity contribution in [3.63, 3.8) is 0 Å². The number of rotatable bonds is 3. The van der Waals surface area contributed by atoms with E-state index in [1.54, 1.807) is 0 Å². The number of nitrogens with zero attached hydrogens (tertiary/aromatic N) is 2. The predicted octanol–water partition coefficient (Wildman–Crippen LogP) is 3.09. The Balaban J connectivity index is 1.77. The first-order valence-corrected chi connectivity index (χ1v) is 7.35. The molecule has 1 aromatic heterocycles. The third-order valence-corrected chi connectivity index (χ3v) is 4.54. The third-order valence-electron chi connectivity index (χ3n) is 4.21. The maximum atomic E-state index is 10.3. The molecule has 3 nitrogen and oxygen atoms in total. The lowest BCUT2D eigenvalue weighted by molar-refractivity contribution is -0.130. The molecule has 0 saturated carbocycles. The quantitative estimate of drug-likeness (QED) is 0.883. The largest absolute Gasteiger partial charge is 0.387 e. The number of hydrogen-bond acceptors (Lipinski definition) is 3. The number of likely N-dealkylation sites (tertiary alicyclic amines) is 1. The fourth-order valence-corrected chi connectivity index (χ4v) is 2.90. The Morgan fingerprint density at radius 2 is 2.05 bits per heavy atom. The van der Waals surface area contributed by atoms with Gasteiger partial charge in [-0.05, 0) is 18.1 Å². The van der Waals surface area contributed by atoms with Crippen LogP contribution in [0.5, 0.6) is 0 Å². The first-order chi connectivity index (χ1) is 9.48. The molecule has 0 atom stereocenters. The SMILES string of the molecule is CC(C)C1(O)CN(Cc2cc3ccccc3nc2Cl)C1. The van der Waals surface area contributed by atoms with E-state index in [9.17, 15) is 5.11 Å². The van der Waals surface area contributed by atoms with Crippen LogP contribution in [0, 0.1) is 5.92 Å². The number of hydrogen-bond donors (Lipinski definition) is 1. The Labute approximate surface area is 124 Å². The second kappa shape index (κ2) is 4.99. The van der Waals surface area contributed by atoms with E-state index in [0.717, 1.165) is 23.0 Å². The first kappa shape index (κ1) is 13.8. The highest BCUT2D eigenvalue weighted by Gasteiger charge is 2.43. The summed E-state index contributed by atoms with van der Waals surface area (Å²) in [5.41, 5.74) is 1.40. The molecule has 3 rings (SSSR count). The molecule has 0 radical (unpaired) electrons. The molecule has 1 aliphatic rings. The molecule has 0 spiro atoms. The summed E-state index contributed by atoms with van der Waals surface area (Å²) in [6, 6.07) is 10.1. The highest BCUT2D eigenvalue weighted by molar-refractivity contribution is 6.30. The maximum absolute atomic E-state index is 10.3. The number of aromatic nitrogens is 1. The van der Waals surface area contributed by atoms with Crippen LogP contribution in [-0.2, 0) is 6.54 Å². The van der Waals surface area contributed by atoms with Gasteiger partial charge in [0.05, 0.1) is 11.1 Å². The lowest BCUT2D eigenvalue weighted by Gasteiger charge is -2.49. The van der Waals surface area contributed by atoms with Crippen molar-refractivity contribution in [2.75, 3.05) is 13.1 Å². The van der Waals surface area contributed by atoms with Crippen molar-refractivity contribution >= 4 is 22.5 Å². The van der Waals surface area contributed by atoms with Gasteiger partial charge in [0.25, 0.3) is 0 Å². The van der Waals surface area contributed by atoms with Gasteiger partial charge >= 0.3 is 0 Å². The predicted molar refractivity (Wildman–Crippen MR) is 81.8 cm³/mol. The molecule has 2 aromatic rings. The number of fused-ring (bicyclic) bond motifs is 1. The van der Waals surface area contributed by atoms with E-state index in [2.05, 4.69) is 29.8 Å². The number of halogens is 1. The first-order valence-electron chi connectivity index (χ1n) is 6.97. The molecule has 1 aromatic carbocycles. The zero-order valence-electron chi connectivity index (χ0n) is 11.8. The Kier molecular flexibility index (Phi) is 3.44. The van der Waals surface area contributed by atoms with Crippen LogP contribution in [0.2, 0.25) is 5.15 Å². The van der Waals surface area contributed by atoms with Gasteiger partial charge in [-0.2, -0.15) is 0 Å². The van der Waals surface area contributed by atoms with Crippen molar-refractivity contribution in [1.82, 2.24) is 9.88 Å². The van der Waals surface area contributed by atoms with Gasteiger partial charge in [0.15, 0.2) is 0 Å². The standard InChI is InChI=1S/C16H19ClN2O/c1-11(2)16(20)9-19(10-16)8-13-7-12-5-3-4-6-14(12)18-15(13)17/h3-7,11,20H,8-10H2,1-2H3. The lowest BCUT2D eigenvalue weighted by atomic mass is 9.83. The zero-order valence-corrected chi connectivity index (χ0v) is 12.6. The van der Waals surface area contributed by atoms with Crippen LogP contribution in [0.15, 0.2) is 30.3 Å². The molecule has 1 N–H and O–H groups in total. The summed E-state index contributed by atoms with van der Waals surface area (Å²) in [4.78, 5) is 6.64. The van der Waals surface area contributed by atoms with Crippen molar-refractivity contribution in [3.05, 3.63) is 41.0 Å². The molecular formula is C16H19ClN2O. The van der Waals surface area contributed by atoms with E-state index in [1.807, 2.05) is 24.3 Å². The number of β-amino-alcohol motifs (C(OH)–C–C–N with tert-alkyl or cyclic N) is 1. The minimum Gasteiger partial charge on any atom is -0.387 e. The second-order valence-electron chi connectivity index (χ2n) is 6.03. The Hall–Kier alpha value is -1.16. The molecule has 0 bridgehead atoms. The molecule has 106 valence electrons. The number of para-hydroxylation sites is 1. The minimum atomic E-state index is -0.545. The van der Waals surface area contributed by atoms with E-state index in [0.29, 0.717) is 18.2 Å². The monoisotopic (exact) mass is 290 g/mol. The summed E-state index contributed by atoms with van der Waals surface area (Å²) >= 11 is 6.26. The van der Waals surface area contributed by atoms with Crippen LogP contribution in [0.1, 0.15) is 19.4 Å². The molecule has 0 amide bonds. The lowest BCUT2D eigenvalue weighted by Crippen LogP contribution is -2.63. The van der Waals surface area contributed by atoms with Crippen molar-refractivity contribution in [1.29, 1.82) is 0 Å². The summed E-state index contributed by atoms with van der Waals surface area (Å²) < 4.78 is 0. The van der Waals surface area contributed by atoms with E-state index < -0.39 is 5.60 Å². The highest BCUT2D eigenvalue weighted by Crippen LogP contribution is 2.31. The number of aliphatic hydroxyl groups is 1. The molecule has 4 heteroatoms. The average Bonchev–Trinajstić information content (AvgIpc) is 2.37. The van der Waals surface area contributed by atoms with Crippen molar-refractivity contribution in [2.24, 2.45) is 5.92 Å². The summed E-state index contributed by atoms with van der Waals surface area (Å²) in [5.74, 6) is 0.281. The molecule has 1 fully saturated rings. The Morgan fingerprint density at radius 1 is 1.35 bits per heavy atom. The van der Waals surface area contributed by atoms with Gasteiger partial charge in [0, 0.05) is 30.6 Å². The molecule has 1 saturated heterocycles. The topological polar surface area (TPSA) is 36.4 Å². The van der Waals surface area contributed by atoms with Crippen LogP contribution in [-0.4, -0.2) is 33.7 Å². The summed E-state index contributed by atoms with van der Waals surface area (Å²) in [6.45, 7) is 6.26. The van der Waals surface area contributed by atoms with Crippen molar-refractivity contribution < 1.29 is 5.11 Å². The van der Waals surface area contributed by atoms with Gasteiger partial charge in [-0.15, -0.1) is 0 Å². The summed E-state index contributed by atoms with van der Waals surface area (Å²) in [6.07, 6.45) is 0. The van der Waals surface area contributed by atoms with Gasteiger partial charge in [-0.1, -0.05) is 43.6 Å². The molecule has 0 unspecified atom stereocenters. The summed E-state index contributed by atoms with van der Waals surface area (Å²) in [5, 5.41) is 11.9. The van der Waals surface area contributed by atoms with Gasteiger partial charge in [0.1, 0.15) is 5.15 Å². The van der Waals surface area contributed by atoms with Crippen LogP contribution < -0.4 is 0 Å². The van der Waals surface area contributed by atoms with Crippen molar-refractivity contribution in [2.45, 2.75) is 26.0 Å². The fraction of sp³-hybridized carbons (Fsp3) is 0.438. The average molecular weight is 291 g/mol. The smallest absolute Gasteiger partial charge is 0.134 e. The second-order valence-corrected chi connectivity index (χ2v) is 6.39. The van der Waals surface area contributed by atoms with E-state index in [-0.39, 0.29) is 5.92 Å². The Bertz CT molecular complexity index is 635. The Morgan fingerprint density at radius 3 is 2.75 bits per heavy atom. The van der Waals surface area contributed by atoms with Crippen molar-refractivity contribution in [3.8, 4) is 0 Å². The molecule has 1 aliphatic heterocycles. The van der Waals surface area contributed by atoms with Gasteiger partial charge in [0.2, 0.25) is 0 Å². The normalized spacial score (nSPS) is 18.4. The van der Waals surface area contributed by atoms with Gasteiger partial charge in [-0.3, -0.25) is 4.90 Å². The van der Waals surface area contributed by atoms with Crippen LogP contribution in [0.3, 0.4) is 0 Å². The molecule has 0 aliphatic carbocycles. The van der Waals surface area contributed by atoms with Crippen LogP contribution in [0.4, 0.5) is 0 Å². The zero-order chi connectivity index (χ0) is 14.3. The van der Waals surface area contributed by atoms with Gasteiger partial charge in [-0.25, -0.2) is 4.98 Å². The van der Waals surface area contributed by atoms with Crippen LogP contribution >= 0.6 is 11.6 Å². The maximum Gasteiger partial charge on any atom is 0.134 e. The van der Waals surface area contributed by atoms with E-state index in [4.69, 9.17) is 11.6 Å².